The molecule has 1 rings (SSSR count). The quantitative estimate of drug-likeness (QED) is 0.773. The first-order valence-electron chi connectivity index (χ1n) is 5.48. The van der Waals surface area contributed by atoms with Gasteiger partial charge in [0.2, 0.25) is 0 Å². The van der Waals surface area contributed by atoms with Gasteiger partial charge >= 0.3 is 0 Å². The van der Waals surface area contributed by atoms with Gasteiger partial charge in [0.25, 0.3) is 0 Å². The fourth-order valence-electron chi connectivity index (χ4n) is 1.65. The molecule has 0 aliphatic carbocycles. The largest absolute Gasteiger partial charge is 0.310 e. The molecule has 0 saturated heterocycles. The maximum absolute atomic E-state index is 13.4. The number of benzene rings is 1. The van der Waals surface area contributed by atoms with Gasteiger partial charge < -0.3 is 5.32 Å². The molecule has 1 aromatic carbocycles. The Morgan fingerprint density at radius 1 is 1.56 bits per heavy atom. The van der Waals surface area contributed by atoms with E-state index in [1.54, 1.807) is 12.1 Å². The van der Waals surface area contributed by atoms with Crippen molar-refractivity contribution in [2.24, 2.45) is 0 Å². The normalized spacial score (nSPS) is 12.4. The lowest BCUT2D eigenvalue weighted by Crippen LogP contribution is -2.20. The highest BCUT2D eigenvalue weighted by atomic mass is 79.9. The Balaban J connectivity index is 2.82. The third-order valence-corrected chi connectivity index (χ3v) is 3.10. The third-order valence-electron chi connectivity index (χ3n) is 2.46. The van der Waals surface area contributed by atoms with E-state index in [-0.39, 0.29) is 11.9 Å². The molecule has 0 amide bonds. The smallest absolute Gasteiger partial charge is 0.137 e. The monoisotopic (exact) mass is 285 g/mol. The summed E-state index contributed by atoms with van der Waals surface area (Å²) in [5, 5.41) is 3.35. The van der Waals surface area contributed by atoms with Crippen molar-refractivity contribution in [2.45, 2.75) is 25.8 Å². The van der Waals surface area contributed by atoms with E-state index in [1.165, 1.54) is 0 Å². The van der Waals surface area contributed by atoms with Crippen LogP contribution in [-0.4, -0.2) is 6.54 Å². The molecule has 0 heterocycles. The number of rotatable bonds is 6. The van der Waals surface area contributed by atoms with E-state index in [9.17, 15) is 4.39 Å². The molecule has 1 unspecified atom stereocenters. The van der Waals surface area contributed by atoms with Gasteiger partial charge in [-0.1, -0.05) is 19.1 Å². The summed E-state index contributed by atoms with van der Waals surface area (Å²) >= 11 is 3.16. The number of hydrogen-bond acceptors (Lipinski definition) is 1. The molecule has 0 aliphatic heterocycles. The second kappa shape index (κ2) is 6.81. The molecule has 88 valence electrons. The standard InChI is InChI=1S/C13H17BrFN/c1-3-5-6-13(16-4-2)10-7-8-11(14)12(15)9-10/h3,7-9,13,16H,1,4-6H2,2H3. The van der Waals surface area contributed by atoms with E-state index in [4.69, 9.17) is 0 Å². The van der Waals surface area contributed by atoms with Crippen LogP contribution in [-0.2, 0) is 0 Å². The minimum Gasteiger partial charge on any atom is -0.310 e. The summed E-state index contributed by atoms with van der Waals surface area (Å²) in [6, 6.07) is 5.48. The second-order valence-corrected chi connectivity index (χ2v) is 4.50. The Bertz CT molecular complexity index is 352. The van der Waals surface area contributed by atoms with Gasteiger partial charge in [-0.05, 0) is 53.0 Å². The SMILES string of the molecule is C=CCCC(NCC)c1ccc(Br)c(F)c1. The molecular weight excluding hydrogens is 269 g/mol. The molecule has 0 spiro atoms. The Morgan fingerprint density at radius 3 is 2.88 bits per heavy atom. The molecule has 0 saturated carbocycles. The molecule has 1 atom stereocenters. The fourth-order valence-corrected chi connectivity index (χ4v) is 1.89. The first kappa shape index (κ1) is 13.4. The maximum Gasteiger partial charge on any atom is 0.137 e. The van der Waals surface area contributed by atoms with Gasteiger partial charge in [-0.15, -0.1) is 6.58 Å². The highest BCUT2D eigenvalue weighted by Crippen LogP contribution is 2.23. The van der Waals surface area contributed by atoms with Crippen molar-refractivity contribution >= 4 is 15.9 Å². The van der Waals surface area contributed by atoms with Crippen molar-refractivity contribution in [2.75, 3.05) is 6.54 Å². The highest BCUT2D eigenvalue weighted by Gasteiger charge is 2.11. The first-order valence-corrected chi connectivity index (χ1v) is 6.27. The lowest BCUT2D eigenvalue weighted by molar-refractivity contribution is 0.514. The summed E-state index contributed by atoms with van der Waals surface area (Å²) < 4.78 is 13.9. The second-order valence-electron chi connectivity index (χ2n) is 3.65. The molecule has 3 heteroatoms. The van der Waals surface area contributed by atoms with Gasteiger partial charge in [0.05, 0.1) is 4.47 Å². The Hall–Kier alpha value is -0.670. The van der Waals surface area contributed by atoms with E-state index in [2.05, 4.69) is 34.7 Å². The van der Waals surface area contributed by atoms with Crippen molar-refractivity contribution in [1.82, 2.24) is 5.32 Å². The molecule has 0 aromatic heterocycles. The molecule has 0 aliphatic rings. The Kier molecular flexibility index (Phi) is 5.71. The molecule has 16 heavy (non-hydrogen) atoms. The van der Waals surface area contributed by atoms with Gasteiger partial charge in [-0.2, -0.15) is 0 Å². The lowest BCUT2D eigenvalue weighted by Gasteiger charge is -2.17. The maximum atomic E-state index is 13.4. The van der Waals surface area contributed by atoms with Gasteiger partial charge in [-0.25, -0.2) is 4.39 Å². The summed E-state index contributed by atoms with van der Waals surface area (Å²) in [5.41, 5.74) is 0.990. The van der Waals surface area contributed by atoms with Crippen molar-refractivity contribution in [3.63, 3.8) is 0 Å². The van der Waals surface area contributed by atoms with Gasteiger partial charge in [0, 0.05) is 6.04 Å². The molecular formula is C13H17BrFN. The minimum absolute atomic E-state index is 0.200. The molecule has 0 radical (unpaired) electrons. The summed E-state index contributed by atoms with van der Waals surface area (Å²) in [6.45, 7) is 6.63. The third kappa shape index (κ3) is 3.72. The fraction of sp³-hybridized carbons (Fsp3) is 0.385. The van der Waals surface area contributed by atoms with Crippen LogP contribution in [0.5, 0.6) is 0 Å². The zero-order valence-electron chi connectivity index (χ0n) is 9.47. The van der Waals surface area contributed by atoms with E-state index in [0.717, 1.165) is 24.9 Å². The van der Waals surface area contributed by atoms with E-state index < -0.39 is 0 Å². The lowest BCUT2D eigenvalue weighted by atomic mass is 10.0. The summed E-state index contributed by atoms with van der Waals surface area (Å²) in [5.74, 6) is -0.209. The summed E-state index contributed by atoms with van der Waals surface area (Å²) in [6.07, 6.45) is 3.76. The number of hydrogen-bond donors (Lipinski definition) is 1. The summed E-state index contributed by atoms with van der Waals surface area (Å²) in [4.78, 5) is 0. The molecule has 0 fully saturated rings. The van der Waals surface area contributed by atoms with Crippen LogP contribution in [0.4, 0.5) is 4.39 Å². The molecule has 1 N–H and O–H groups in total. The van der Waals surface area contributed by atoms with Crippen LogP contribution < -0.4 is 5.32 Å². The van der Waals surface area contributed by atoms with Gasteiger partial charge in [0.15, 0.2) is 0 Å². The van der Waals surface area contributed by atoms with Crippen LogP contribution in [0.1, 0.15) is 31.4 Å². The van der Waals surface area contributed by atoms with Crippen LogP contribution >= 0.6 is 15.9 Å². The number of nitrogens with one attached hydrogen (secondary N) is 1. The number of allylic oxidation sites excluding steroid dienone is 1. The predicted molar refractivity (Wildman–Crippen MR) is 69.9 cm³/mol. The van der Waals surface area contributed by atoms with Crippen LogP contribution in [0, 0.1) is 5.82 Å². The number of halogens is 2. The van der Waals surface area contributed by atoms with Gasteiger partial charge in [-0.3, -0.25) is 0 Å². The Morgan fingerprint density at radius 2 is 2.31 bits per heavy atom. The minimum atomic E-state index is -0.209. The van der Waals surface area contributed by atoms with Crippen LogP contribution in [0.3, 0.4) is 0 Å². The van der Waals surface area contributed by atoms with Gasteiger partial charge in [0.1, 0.15) is 5.82 Å². The van der Waals surface area contributed by atoms with E-state index in [0.29, 0.717) is 4.47 Å². The average molecular weight is 286 g/mol. The van der Waals surface area contributed by atoms with Crippen molar-refractivity contribution < 1.29 is 4.39 Å². The van der Waals surface area contributed by atoms with E-state index in [1.807, 2.05) is 12.1 Å². The molecule has 0 bridgehead atoms. The topological polar surface area (TPSA) is 12.0 Å². The molecule has 1 nitrogen and oxygen atoms in total. The average Bonchev–Trinajstić information content (AvgIpc) is 2.28. The van der Waals surface area contributed by atoms with Crippen molar-refractivity contribution in [3.05, 3.63) is 46.7 Å². The predicted octanol–water partition coefficient (Wildman–Crippen LogP) is 4.21. The van der Waals surface area contributed by atoms with Crippen LogP contribution in [0.2, 0.25) is 0 Å². The Labute approximate surface area is 105 Å². The van der Waals surface area contributed by atoms with Crippen molar-refractivity contribution in [3.8, 4) is 0 Å². The molecule has 1 aromatic rings. The van der Waals surface area contributed by atoms with Crippen LogP contribution in [0.25, 0.3) is 0 Å². The van der Waals surface area contributed by atoms with E-state index >= 15 is 0 Å². The van der Waals surface area contributed by atoms with Crippen LogP contribution in [0.15, 0.2) is 35.3 Å². The first-order chi connectivity index (χ1) is 7.69. The zero-order valence-corrected chi connectivity index (χ0v) is 11.1. The van der Waals surface area contributed by atoms with Crippen molar-refractivity contribution in [1.29, 1.82) is 0 Å². The highest BCUT2D eigenvalue weighted by molar-refractivity contribution is 9.10. The zero-order chi connectivity index (χ0) is 12.0. The summed E-state index contributed by atoms with van der Waals surface area (Å²) in [7, 11) is 0.